The Labute approximate surface area is 179 Å². The summed E-state index contributed by atoms with van der Waals surface area (Å²) in [6, 6.07) is 7.76. The number of aryl methyl sites for hydroxylation is 4. The normalized spacial score (nSPS) is 11.4. The number of rotatable bonds is 7. The van der Waals surface area contributed by atoms with Gasteiger partial charge in [-0.25, -0.2) is 13.8 Å². The van der Waals surface area contributed by atoms with E-state index in [1.54, 1.807) is 7.05 Å². The van der Waals surface area contributed by atoms with Crippen molar-refractivity contribution in [2.45, 2.75) is 46.8 Å². The molecule has 3 aromatic heterocycles. The topological polar surface area (TPSA) is 64.7 Å². The third kappa shape index (κ3) is 4.26. The van der Waals surface area contributed by atoms with Crippen molar-refractivity contribution in [3.05, 3.63) is 64.5 Å². The van der Waals surface area contributed by atoms with Gasteiger partial charge in [0.25, 0.3) is 5.95 Å². The summed E-state index contributed by atoms with van der Waals surface area (Å²) in [5.74, 6) is -0.844. The summed E-state index contributed by atoms with van der Waals surface area (Å²) in [6.07, 6.45) is 0.759. The Balaban J connectivity index is 1.75. The minimum atomic E-state index is -0.615. The van der Waals surface area contributed by atoms with E-state index >= 15 is 0 Å². The molecule has 0 saturated heterocycles. The lowest BCUT2D eigenvalue weighted by molar-refractivity contribution is 0.578. The fourth-order valence-corrected chi connectivity index (χ4v) is 3.96. The average Bonchev–Trinajstić information content (AvgIpc) is 3.27. The molecule has 9 heteroatoms. The third-order valence-corrected chi connectivity index (χ3v) is 5.33. The Morgan fingerprint density at radius 2 is 1.74 bits per heavy atom. The van der Waals surface area contributed by atoms with Crippen molar-refractivity contribution in [2.24, 2.45) is 7.05 Å². The molecule has 4 rings (SSSR count). The molecule has 0 fully saturated rings. The Morgan fingerprint density at radius 1 is 1.00 bits per heavy atom. The van der Waals surface area contributed by atoms with Crippen molar-refractivity contribution < 1.29 is 8.78 Å². The minimum absolute atomic E-state index is 0.233. The first-order chi connectivity index (χ1) is 14.9. The highest BCUT2D eigenvalue weighted by atomic mass is 19.1. The van der Waals surface area contributed by atoms with Crippen LogP contribution in [0.25, 0.3) is 11.0 Å². The number of aromatic nitrogens is 6. The summed E-state index contributed by atoms with van der Waals surface area (Å²) in [4.78, 5) is 8.14. The molecule has 1 aromatic carbocycles. The second kappa shape index (κ2) is 8.41. The highest BCUT2D eigenvalue weighted by molar-refractivity contribution is 5.78. The van der Waals surface area contributed by atoms with Gasteiger partial charge < -0.3 is 9.47 Å². The van der Waals surface area contributed by atoms with Crippen LogP contribution in [-0.2, 0) is 33.1 Å². The van der Waals surface area contributed by atoms with Crippen molar-refractivity contribution in [3.63, 3.8) is 0 Å². The van der Waals surface area contributed by atoms with Gasteiger partial charge in [0.1, 0.15) is 17.3 Å². The number of hydrogen-bond acceptors (Lipinski definition) is 5. The zero-order chi connectivity index (χ0) is 22.1. The van der Waals surface area contributed by atoms with E-state index in [2.05, 4.69) is 52.9 Å². The Morgan fingerprint density at radius 3 is 2.35 bits per heavy atom. The van der Waals surface area contributed by atoms with Crippen LogP contribution in [0.3, 0.4) is 0 Å². The van der Waals surface area contributed by atoms with E-state index in [-0.39, 0.29) is 6.54 Å². The molecule has 0 atom stereocenters. The monoisotopic (exact) mass is 425 g/mol. The molecule has 0 amide bonds. The van der Waals surface area contributed by atoms with Crippen LogP contribution in [0, 0.1) is 18.6 Å². The van der Waals surface area contributed by atoms with E-state index in [9.17, 15) is 8.78 Å². The summed E-state index contributed by atoms with van der Waals surface area (Å²) < 4.78 is 29.7. The molecule has 4 aromatic rings. The first-order valence-electron chi connectivity index (χ1n) is 10.3. The number of nitrogens with zero attached hydrogens (tertiary/aromatic N) is 7. The predicted molar refractivity (Wildman–Crippen MR) is 115 cm³/mol. The number of pyridine rings is 1. The maximum Gasteiger partial charge on any atom is 0.266 e. The summed E-state index contributed by atoms with van der Waals surface area (Å²) in [7, 11) is 1.68. The smallest absolute Gasteiger partial charge is 0.266 e. The van der Waals surface area contributed by atoms with Gasteiger partial charge >= 0.3 is 0 Å². The van der Waals surface area contributed by atoms with Crippen LogP contribution in [0.15, 0.2) is 30.3 Å². The van der Waals surface area contributed by atoms with Crippen LogP contribution in [0.5, 0.6) is 0 Å². The largest absolute Gasteiger partial charge is 0.330 e. The summed E-state index contributed by atoms with van der Waals surface area (Å²) in [5, 5.41) is 13.4. The summed E-state index contributed by atoms with van der Waals surface area (Å²) >= 11 is 0. The Kier molecular flexibility index (Phi) is 5.67. The van der Waals surface area contributed by atoms with Gasteiger partial charge in [-0.15, -0.1) is 5.10 Å². The Hall–Kier alpha value is -3.36. The molecular formula is C22H25F2N7. The van der Waals surface area contributed by atoms with Crippen molar-refractivity contribution in [2.75, 3.05) is 4.90 Å². The highest BCUT2D eigenvalue weighted by Gasteiger charge is 2.18. The summed E-state index contributed by atoms with van der Waals surface area (Å²) in [6.45, 7) is 7.77. The van der Waals surface area contributed by atoms with Gasteiger partial charge in [-0.3, -0.25) is 0 Å². The van der Waals surface area contributed by atoms with E-state index in [1.165, 1.54) is 16.9 Å². The van der Waals surface area contributed by atoms with Gasteiger partial charge in [-0.05, 0) is 60.9 Å². The molecule has 0 aliphatic heterocycles. The second-order valence-corrected chi connectivity index (χ2v) is 7.60. The lowest BCUT2D eigenvalue weighted by atomic mass is 10.1. The van der Waals surface area contributed by atoms with E-state index < -0.39 is 11.6 Å². The number of anilines is 1. The molecule has 0 saturated carbocycles. The lowest BCUT2D eigenvalue weighted by Crippen LogP contribution is -2.24. The number of fused-ring (bicyclic) bond motifs is 1. The number of tetrazole rings is 1. The molecule has 3 heterocycles. The van der Waals surface area contributed by atoms with Crippen LogP contribution in [-0.4, -0.2) is 29.8 Å². The molecule has 0 radical (unpaired) electrons. The molecule has 31 heavy (non-hydrogen) atoms. The highest BCUT2D eigenvalue weighted by Crippen LogP contribution is 2.24. The number of hydrogen-bond donors (Lipinski definition) is 0. The zero-order valence-corrected chi connectivity index (χ0v) is 18.1. The van der Waals surface area contributed by atoms with E-state index in [0.717, 1.165) is 47.0 Å². The van der Waals surface area contributed by atoms with Crippen molar-refractivity contribution >= 4 is 17.0 Å². The molecule has 0 aliphatic rings. The molecule has 0 unspecified atom stereocenters. The fraction of sp³-hybridized carbons (Fsp3) is 0.364. The summed E-state index contributed by atoms with van der Waals surface area (Å²) in [5.41, 5.74) is 4.61. The van der Waals surface area contributed by atoms with Gasteiger partial charge in [0.2, 0.25) is 0 Å². The van der Waals surface area contributed by atoms with Gasteiger partial charge in [-0.1, -0.05) is 12.0 Å². The van der Waals surface area contributed by atoms with Crippen LogP contribution in [0.1, 0.15) is 36.4 Å². The Bertz CT molecular complexity index is 1210. The van der Waals surface area contributed by atoms with Gasteiger partial charge in [0, 0.05) is 42.5 Å². The van der Waals surface area contributed by atoms with Gasteiger partial charge in [0.15, 0.2) is 0 Å². The first-order valence-corrected chi connectivity index (χ1v) is 10.3. The fourth-order valence-electron chi connectivity index (χ4n) is 3.96. The molecule has 162 valence electrons. The molecule has 7 nitrogen and oxygen atoms in total. The third-order valence-electron chi connectivity index (χ3n) is 5.33. The van der Waals surface area contributed by atoms with Crippen molar-refractivity contribution in [1.29, 1.82) is 0 Å². The standard InChI is InChI=1S/C22H25F2N7/c1-5-20-17(10-16-7-14(3)31(6-2)21(16)25-20)13-30(22-26-28-29(4)27-22)12-15-8-18(23)11-19(24)9-15/h7-11H,5-6,12-13H2,1-4H3. The zero-order valence-electron chi connectivity index (χ0n) is 18.1. The number of benzene rings is 1. The molecule has 0 spiro atoms. The van der Waals surface area contributed by atoms with E-state index in [1.807, 2.05) is 4.90 Å². The van der Waals surface area contributed by atoms with Gasteiger partial charge in [-0.2, -0.15) is 4.80 Å². The maximum atomic E-state index is 13.8. The minimum Gasteiger partial charge on any atom is -0.330 e. The first kappa shape index (κ1) is 20.9. The lowest BCUT2D eigenvalue weighted by Gasteiger charge is -2.22. The van der Waals surface area contributed by atoms with Crippen LogP contribution < -0.4 is 4.90 Å². The van der Waals surface area contributed by atoms with Crippen molar-refractivity contribution in [1.82, 2.24) is 29.8 Å². The quantitative estimate of drug-likeness (QED) is 0.449. The van der Waals surface area contributed by atoms with Crippen LogP contribution >= 0.6 is 0 Å². The molecule has 0 bridgehead atoms. The molecule has 0 N–H and O–H groups in total. The molecular weight excluding hydrogens is 400 g/mol. The van der Waals surface area contributed by atoms with Gasteiger partial charge in [0.05, 0.1) is 7.05 Å². The van der Waals surface area contributed by atoms with E-state index in [0.29, 0.717) is 18.1 Å². The molecule has 0 aliphatic carbocycles. The van der Waals surface area contributed by atoms with E-state index in [4.69, 9.17) is 4.98 Å². The van der Waals surface area contributed by atoms with Crippen molar-refractivity contribution in [3.8, 4) is 0 Å². The number of halogens is 2. The average molecular weight is 425 g/mol. The predicted octanol–water partition coefficient (Wildman–Crippen LogP) is 3.94. The second-order valence-electron chi connectivity index (χ2n) is 7.60. The van der Waals surface area contributed by atoms with Crippen LogP contribution in [0.2, 0.25) is 0 Å². The SMILES string of the molecule is CCc1nc2c(cc1CN(Cc1cc(F)cc(F)c1)c1nnn(C)n1)cc(C)n2CC. The van der Waals surface area contributed by atoms with Crippen LogP contribution in [0.4, 0.5) is 14.7 Å². The maximum absolute atomic E-state index is 13.8.